The molecular weight excluding hydrogens is 219 g/mol. The molecule has 0 bridgehead atoms. The summed E-state index contributed by atoms with van der Waals surface area (Å²) < 4.78 is 7.20. The van der Waals surface area contributed by atoms with E-state index in [1.54, 1.807) is 28.9 Å². The third-order valence-electron chi connectivity index (χ3n) is 2.31. The van der Waals surface area contributed by atoms with Gasteiger partial charge in [0.2, 0.25) is 0 Å². The Morgan fingerprint density at radius 3 is 2.82 bits per heavy atom. The third-order valence-corrected chi connectivity index (χ3v) is 2.31. The Bertz CT molecular complexity index is 499. The van der Waals surface area contributed by atoms with Crippen LogP contribution < -0.4 is 10.2 Å². The fraction of sp³-hybridized carbons (Fsp3) is 0.182. The van der Waals surface area contributed by atoms with Crippen LogP contribution in [0.4, 0.5) is 0 Å². The summed E-state index contributed by atoms with van der Waals surface area (Å²) in [5, 5.41) is 22.2. The van der Waals surface area contributed by atoms with Crippen molar-refractivity contribution in [3.8, 4) is 5.75 Å². The lowest BCUT2D eigenvalue weighted by molar-refractivity contribution is 0.300. The van der Waals surface area contributed by atoms with Crippen molar-refractivity contribution < 1.29 is 14.8 Å². The topological polar surface area (TPSA) is 67.5 Å². The second kappa shape index (κ2) is 5.03. The van der Waals surface area contributed by atoms with Crippen LogP contribution in [0.2, 0.25) is 0 Å². The highest BCUT2D eigenvalue weighted by atomic mass is 16.5. The number of rotatable bonds is 4. The number of ether oxygens (including phenoxy) is 1. The van der Waals surface area contributed by atoms with Gasteiger partial charge in [0.25, 0.3) is 0 Å². The average Bonchev–Trinajstić information content (AvgIpc) is 2.73. The molecule has 6 heteroatoms. The van der Waals surface area contributed by atoms with Crippen LogP contribution in [0.25, 0.3) is 0 Å². The van der Waals surface area contributed by atoms with Gasteiger partial charge in [0.15, 0.2) is 0 Å². The highest BCUT2D eigenvalue weighted by Gasteiger charge is 2.11. The molecule has 0 radical (unpaired) electrons. The van der Waals surface area contributed by atoms with E-state index in [9.17, 15) is 0 Å². The highest BCUT2D eigenvalue weighted by molar-refractivity contribution is 6.58. The Morgan fingerprint density at radius 2 is 2.18 bits per heavy atom. The minimum Gasteiger partial charge on any atom is -0.487 e. The van der Waals surface area contributed by atoms with E-state index in [0.29, 0.717) is 17.8 Å². The van der Waals surface area contributed by atoms with Crippen LogP contribution in [0.15, 0.2) is 36.5 Å². The van der Waals surface area contributed by atoms with Crippen LogP contribution in [-0.4, -0.2) is 26.9 Å². The molecule has 0 saturated heterocycles. The minimum atomic E-state index is -1.48. The van der Waals surface area contributed by atoms with Gasteiger partial charge in [-0.1, -0.05) is 12.1 Å². The molecule has 1 heterocycles. The van der Waals surface area contributed by atoms with E-state index in [0.717, 1.165) is 5.69 Å². The molecular formula is C11H13BN2O3. The van der Waals surface area contributed by atoms with Gasteiger partial charge in [-0.2, -0.15) is 5.10 Å². The van der Waals surface area contributed by atoms with E-state index in [1.165, 1.54) is 0 Å². The van der Waals surface area contributed by atoms with Gasteiger partial charge >= 0.3 is 7.12 Å². The van der Waals surface area contributed by atoms with Crippen molar-refractivity contribution in [3.63, 3.8) is 0 Å². The smallest absolute Gasteiger partial charge is 0.487 e. The Morgan fingerprint density at radius 1 is 1.35 bits per heavy atom. The molecule has 0 aliphatic heterocycles. The second-order valence-corrected chi connectivity index (χ2v) is 3.72. The van der Waals surface area contributed by atoms with Gasteiger partial charge in [-0.05, 0) is 23.7 Å². The van der Waals surface area contributed by atoms with Gasteiger partial charge in [0, 0.05) is 13.2 Å². The first-order valence-corrected chi connectivity index (χ1v) is 5.22. The summed E-state index contributed by atoms with van der Waals surface area (Å²) in [5.41, 5.74) is 1.23. The predicted molar refractivity (Wildman–Crippen MR) is 63.8 cm³/mol. The number of nitrogens with zero attached hydrogens (tertiary/aromatic N) is 2. The number of aryl methyl sites for hydroxylation is 1. The van der Waals surface area contributed by atoms with Gasteiger partial charge in [0.05, 0.1) is 5.69 Å². The quantitative estimate of drug-likeness (QED) is 0.709. The number of benzene rings is 1. The van der Waals surface area contributed by atoms with Crippen molar-refractivity contribution in [2.45, 2.75) is 6.61 Å². The van der Waals surface area contributed by atoms with Crippen LogP contribution in [0, 0.1) is 0 Å². The normalized spacial score (nSPS) is 10.3. The first-order chi connectivity index (χ1) is 8.15. The third kappa shape index (κ3) is 3.09. The van der Waals surface area contributed by atoms with Gasteiger partial charge in [-0.3, -0.25) is 4.68 Å². The van der Waals surface area contributed by atoms with Crippen molar-refractivity contribution in [2.75, 3.05) is 0 Å². The monoisotopic (exact) mass is 232 g/mol. The molecule has 0 fully saturated rings. The Hall–Kier alpha value is -1.79. The molecule has 0 unspecified atom stereocenters. The molecule has 1 aromatic heterocycles. The molecule has 0 spiro atoms. The zero-order valence-corrected chi connectivity index (χ0v) is 9.45. The van der Waals surface area contributed by atoms with E-state index < -0.39 is 7.12 Å². The Labute approximate surface area is 99.4 Å². The lowest BCUT2D eigenvalue weighted by Crippen LogP contribution is -2.29. The van der Waals surface area contributed by atoms with Gasteiger partial charge in [0.1, 0.15) is 12.4 Å². The number of aromatic nitrogens is 2. The van der Waals surface area contributed by atoms with Gasteiger partial charge in [-0.15, -0.1) is 0 Å². The second-order valence-electron chi connectivity index (χ2n) is 3.72. The zero-order chi connectivity index (χ0) is 12.3. The minimum absolute atomic E-state index is 0.353. The van der Waals surface area contributed by atoms with Crippen molar-refractivity contribution >= 4 is 12.6 Å². The standard InChI is InChI=1S/C11H13BN2O3/c1-14-6-5-10(13-14)8-17-11-4-2-3-9(7-11)12(15)16/h2-7,15-16H,8H2,1H3. The molecule has 88 valence electrons. The lowest BCUT2D eigenvalue weighted by Gasteiger charge is -2.06. The maximum Gasteiger partial charge on any atom is 0.488 e. The summed E-state index contributed by atoms with van der Waals surface area (Å²) in [7, 11) is 0.361. The molecule has 0 atom stereocenters. The Balaban J connectivity index is 2.01. The largest absolute Gasteiger partial charge is 0.488 e. The van der Waals surface area contributed by atoms with E-state index in [2.05, 4.69) is 5.10 Å². The summed E-state index contributed by atoms with van der Waals surface area (Å²) in [4.78, 5) is 0. The molecule has 0 saturated carbocycles. The Kier molecular flexibility index (Phi) is 3.46. The maximum absolute atomic E-state index is 9.02. The summed E-state index contributed by atoms with van der Waals surface area (Å²) in [6, 6.07) is 8.55. The number of hydrogen-bond acceptors (Lipinski definition) is 4. The van der Waals surface area contributed by atoms with E-state index in [-0.39, 0.29) is 0 Å². The highest BCUT2D eigenvalue weighted by Crippen LogP contribution is 2.09. The molecule has 1 aromatic carbocycles. The van der Waals surface area contributed by atoms with Crippen LogP contribution >= 0.6 is 0 Å². The first-order valence-electron chi connectivity index (χ1n) is 5.22. The van der Waals surface area contributed by atoms with E-state index in [1.807, 2.05) is 19.3 Å². The van der Waals surface area contributed by atoms with Crippen LogP contribution in [0.5, 0.6) is 5.75 Å². The van der Waals surface area contributed by atoms with E-state index in [4.69, 9.17) is 14.8 Å². The first kappa shape index (κ1) is 11.7. The van der Waals surface area contributed by atoms with E-state index >= 15 is 0 Å². The summed E-state index contributed by atoms with van der Waals surface area (Å²) in [5.74, 6) is 0.584. The maximum atomic E-state index is 9.02. The molecule has 2 N–H and O–H groups in total. The van der Waals surface area contributed by atoms with Gasteiger partial charge in [-0.25, -0.2) is 0 Å². The van der Waals surface area contributed by atoms with Crippen LogP contribution in [0.3, 0.4) is 0 Å². The fourth-order valence-electron chi connectivity index (χ4n) is 1.46. The molecule has 5 nitrogen and oxygen atoms in total. The summed E-state index contributed by atoms with van der Waals surface area (Å²) >= 11 is 0. The van der Waals surface area contributed by atoms with Crippen molar-refractivity contribution in [1.29, 1.82) is 0 Å². The molecule has 0 aliphatic carbocycles. The molecule has 0 amide bonds. The lowest BCUT2D eigenvalue weighted by atomic mass is 9.80. The predicted octanol–water partition coefficient (Wildman–Crippen LogP) is -0.321. The van der Waals surface area contributed by atoms with Crippen LogP contribution in [0.1, 0.15) is 5.69 Å². The summed E-state index contributed by atoms with van der Waals surface area (Å²) in [6.45, 7) is 0.353. The van der Waals surface area contributed by atoms with Gasteiger partial charge < -0.3 is 14.8 Å². The zero-order valence-electron chi connectivity index (χ0n) is 9.45. The molecule has 17 heavy (non-hydrogen) atoms. The molecule has 2 aromatic rings. The molecule has 2 rings (SSSR count). The number of hydrogen-bond donors (Lipinski definition) is 2. The van der Waals surface area contributed by atoms with Crippen molar-refractivity contribution in [1.82, 2.24) is 9.78 Å². The van der Waals surface area contributed by atoms with Crippen molar-refractivity contribution in [3.05, 3.63) is 42.2 Å². The van der Waals surface area contributed by atoms with Crippen molar-refractivity contribution in [2.24, 2.45) is 7.05 Å². The average molecular weight is 232 g/mol. The van der Waals surface area contributed by atoms with Crippen LogP contribution in [-0.2, 0) is 13.7 Å². The SMILES string of the molecule is Cn1ccc(COc2cccc(B(O)O)c2)n1. The summed E-state index contributed by atoms with van der Waals surface area (Å²) in [6.07, 6.45) is 1.84. The molecule has 0 aliphatic rings. The fourth-order valence-corrected chi connectivity index (χ4v) is 1.46.